The van der Waals surface area contributed by atoms with Gasteiger partial charge in [-0.15, -0.1) is 0 Å². The van der Waals surface area contributed by atoms with Gasteiger partial charge in [0, 0.05) is 20.6 Å². The first-order chi connectivity index (χ1) is 10.1. The molecule has 0 saturated heterocycles. The van der Waals surface area contributed by atoms with E-state index in [2.05, 4.69) is 0 Å². The van der Waals surface area contributed by atoms with Crippen molar-refractivity contribution in [3.63, 3.8) is 0 Å². The molecule has 2 aromatic carbocycles. The van der Waals surface area contributed by atoms with Crippen molar-refractivity contribution in [1.82, 2.24) is 0 Å². The van der Waals surface area contributed by atoms with Crippen molar-refractivity contribution in [3.05, 3.63) is 71.8 Å². The molecule has 1 atom stereocenters. The van der Waals surface area contributed by atoms with Crippen LogP contribution in [0.4, 0.5) is 0 Å². The topological polar surface area (TPSA) is 55.8 Å². The molecule has 0 spiro atoms. The van der Waals surface area contributed by atoms with Crippen molar-refractivity contribution in [2.45, 2.75) is 11.8 Å². The largest absolute Gasteiger partial charge is 0.373 e. The molecule has 0 unspecified atom stereocenters. The van der Waals surface area contributed by atoms with Gasteiger partial charge < -0.3 is 14.2 Å². The van der Waals surface area contributed by atoms with E-state index < -0.39 is 12.9 Å². The first-order valence-electron chi connectivity index (χ1n) is 6.59. The molecule has 5 heteroatoms. The van der Waals surface area contributed by atoms with Crippen LogP contribution >= 0.6 is 7.60 Å². The number of benzene rings is 2. The van der Waals surface area contributed by atoms with E-state index in [1.807, 2.05) is 36.4 Å². The van der Waals surface area contributed by atoms with E-state index in [1.54, 1.807) is 24.3 Å². The van der Waals surface area contributed by atoms with E-state index in [4.69, 9.17) is 9.05 Å². The quantitative estimate of drug-likeness (QED) is 0.829. The summed E-state index contributed by atoms with van der Waals surface area (Å²) in [6, 6.07) is 18.2. The van der Waals surface area contributed by atoms with Gasteiger partial charge in [0.25, 0.3) is 0 Å². The second-order valence-electron chi connectivity index (χ2n) is 4.71. The number of hydrogen-bond acceptors (Lipinski definition) is 4. The van der Waals surface area contributed by atoms with Crippen LogP contribution in [0.3, 0.4) is 0 Å². The van der Waals surface area contributed by atoms with Gasteiger partial charge in [-0.3, -0.25) is 4.57 Å². The summed E-state index contributed by atoms with van der Waals surface area (Å²) in [6.07, 6.45) is 0.136. The lowest BCUT2D eigenvalue weighted by molar-refractivity contribution is 0.0767. The van der Waals surface area contributed by atoms with E-state index in [0.717, 1.165) is 5.56 Å². The van der Waals surface area contributed by atoms with Crippen LogP contribution in [0.15, 0.2) is 60.7 Å². The van der Waals surface area contributed by atoms with Crippen LogP contribution in [0.2, 0.25) is 0 Å². The number of hydrogen-bond donors (Lipinski definition) is 1. The van der Waals surface area contributed by atoms with Crippen LogP contribution in [0.1, 0.15) is 11.1 Å². The third-order valence-electron chi connectivity index (χ3n) is 3.46. The fourth-order valence-electron chi connectivity index (χ4n) is 2.32. The van der Waals surface area contributed by atoms with Crippen LogP contribution in [0.25, 0.3) is 0 Å². The van der Waals surface area contributed by atoms with Crippen molar-refractivity contribution < 1.29 is 18.7 Å². The Hall–Kier alpha value is -1.45. The molecule has 0 heterocycles. The Morgan fingerprint density at radius 2 is 1.43 bits per heavy atom. The molecule has 112 valence electrons. The molecule has 0 aromatic heterocycles. The highest BCUT2D eigenvalue weighted by atomic mass is 31.2. The number of rotatable bonds is 6. The van der Waals surface area contributed by atoms with Crippen molar-refractivity contribution in [2.24, 2.45) is 0 Å². The average molecular weight is 306 g/mol. The van der Waals surface area contributed by atoms with Crippen molar-refractivity contribution >= 4 is 7.60 Å². The molecule has 0 radical (unpaired) electrons. The van der Waals surface area contributed by atoms with Gasteiger partial charge in [0.2, 0.25) is 0 Å². The molecule has 1 N–H and O–H groups in total. The highest BCUT2D eigenvalue weighted by Gasteiger charge is 2.50. The predicted molar refractivity (Wildman–Crippen MR) is 82.1 cm³/mol. The summed E-state index contributed by atoms with van der Waals surface area (Å²) in [6.45, 7) is 0. The molecule has 2 rings (SSSR count). The number of aliphatic hydroxyl groups is 1. The van der Waals surface area contributed by atoms with Crippen LogP contribution in [0, 0.1) is 0 Å². The standard InChI is InChI=1S/C16H19O4P/c1-19-21(18,20-2)16(17,15-11-7-4-8-12-15)13-14-9-5-3-6-10-14/h3-12,17H,13H2,1-2H3/t16-/m1/s1. The smallest absolute Gasteiger partial charge is 0.366 e. The first kappa shape index (κ1) is 15.9. The van der Waals surface area contributed by atoms with E-state index in [-0.39, 0.29) is 6.42 Å². The van der Waals surface area contributed by atoms with Gasteiger partial charge in [0.15, 0.2) is 5.34 Å². The molecular formula is C16H19O4P. The summed E-state index contributed by atoms with van der Waals surface area (Å²) in [5, 5.41) is 9.40. The second-order valence-corrected chi connectivity index (χ2v) is 7.17. The Labute approximate surface area is 124 Å². The lowest BCUT2D eigenvalue weighted by Gasteiger charge is -2.33. The molecule has 0 aliphatic heterocycles. The molecule has 0 bridgehead atoms. The molecule has 0 amide bonds. The van der Waals surface area contributed by atoms with Gasteiger partial charge in [-0.1, -0.05) is 60.7 Å². The molecule has 2 aromatic rings. The zero-order chi connectivity index (χ0) is 15.3. The van der Waals surface area contributed by atoms with E-state index in [9.17, 15) is 9.67 Å². The monoisotopic (exact) mass is 306 g/mol. The van der Waals surface area contributed by atoms with E-state index >= 15 is 0 Å². The SMILES string of the molecule is COP(=O)(OC)[C@](O)(Cc1ccccc1)c1ccccc1. The maximum absolute atomic E-state index is 12.9. The molecular weight excluding hydrogens is 287 g/mol. The van der Waals surface area contributed by atoms with Crippen molar-refractivity contribution in [1.29, 1.82) is 0 Å². The molecule has 0 saturated carbocycles. The van der Waals surface area contributed by atoms with E-state index in [1.165, 1.54) is 14.2 Å². The summed E-state index contributed by atoms with van der Waals surface area (Å²) in [7, 11) is -1.17. The molecule has 4 nitrogen and oxygen atoms in total. The fraction of sp³-hybridized carbons (Fsp3) is 0.250. The highest BCUT2D eigenvalue weighted by Crippen LogP contribution is 2.63. The Morgan fingerprint density at radius 1 is 0.952 bits per heavy atom. The summed E-state index contributed by atoms with van der Waals surface area (Å²) in [5.41, 5.74) is 1.35. The Bertz CT molecular complexity index is 607. The minimum Gasteiger partial charge on any atom is -0.373 e. The summed E-state index contributed by atoms with van der Waals surface area (Å²) in [5.74, 6) is 0. The maximum Gasteiger partial charge on any atom is 0.366 e. The Morgan fingerprint density at radius 3 is 1.90 bits per heavy atom. The molecule has 0 aliphatic carbocycles. The minimum atomic E-state index is -3.73. The zero-order valence-corrected chi connectivity index (χ0v) is 13.0. The second kappa shape index (κ2) is 6.54. The minimum absolute atomic E-state index is 0.136. The van der Waals surface area contributed by atoms with Crippen molar-refractivity contribution in [2.75, 3.05) is 14.2 Å². The van der Waals surface area contributed by atoms with Crippen LogP contribution in [-0.2, 0) is 25.4 Å². The molecule has 0 fully saturated rings. The zero-order valence-electron chi connectivity index (χ0n) is 12.1. The third kappa shape index (κ3) is 3.09. The summed E-state index contributed by atoms with van der Waals surface area (Å²) in [4.78, 5) is 0. The lowest BCUT2D eigenvalue weighted by atomic mass is 10.0. The fourth-order valence-corrected chi connectivity index (χ4v) is 3.91. The van der Waals surface area contributed by atoms with Gasteiger partial charge in [0.05, 0.1) is 0 Å². The first-order valence-corrected chi connectivity index (χ1v) is 8.13. The Kier molecular flexibility index (Phi) is 4.96. The average Bonchev–Trinajstić information content (AvgIpc) is 2.55. The normalized spacial score (nSPS) is 14.6. The molecule has 0 aliphatic rings. The third-order valence-corrected chi connectivity index (χ3v) is 5.75. The van der Waals surface area contributed by atoms with Gasteiger partial charge in [-0.25, -0.2) is 0 Å². The molecule has 21 heavy (non-hydrogen) atoms. The van der Waals surface area contributed by atoms with Crippen LogP contribution in [0.5, 0.6) is 0 Å². The Balaban J connectivity index is 2.52. The van der Waals surface area contributed by atoms with Gasteiger partial charge in [-0.2, -0.15) is 0 Å². The van der Waals surface area contributed by atoms with Crippen LogP contribution < -0.4 is 0 Å². The van der Waals surface area contributed by atoms with Crippen molar-refractivity contribution in [3.8, 4) is 0 Å². The maximum atomic E-state index is 12.9. The predicted octanol–water partition coefficient (Wildman–Crippen LogP) is 3.56. The summed E-state index contributed by atoms with van der Waals surface area (Å²) >= 11 is 0. The van der Waals surface area contributed by atoms with Crippen LogP contribution in [-0.4, -0.2) is 19.3 Å². The van der Waals surface area contributed by atoms with Gasteiger partial charge >= 0.3 is 7.60 Å². The highest BCUT2D eigenvalue weighted by molar-refractivity contribution is 7.54. The van der Waals surface area contributed by atoms with Gasteiger partial charge in [0.1, 0.15) is 0 Å². The lowest BCUT2D eigenvalue weighted by Crippen LogP contribution is -2.30. The summed E-state index contributed by atoms with van der Waals surface area (Å²) < 4.78 is 23.0. The van der Waals surface area contributed by atoms with Gasteiger partial charge in [-0.05, 0) is 11.1 Å². The van der Waals surface area contributed by atoms with E-state index in [0.29, 0.717) is 5.56 Å².